The lowest BCUT2D eigenvalue weighted by atomic mass is 10.1. The first-order valence-corrected chi connectivity index (χ1v) is 18.5. The van der Waals surface area contributed by atoms with Crippen LogP contribution in [0.3, 0.4) is 0 Å². The first-order chi connectivity index (χ1) is 26.7. The van der Waals surface area contributed by atoms with Crippen molar-refractivity contribution in [3.63, 3.8) is 0 Å². The third kappa shape index (κ3) is 9.76. The second kappa shape index (κ2) is 18.1. The quantitative estimate of drug-likeness (QED) is 0.0740. The van der Waals surface area contributed by atoms with E-state index < -0.39 is 17.1 Å². The van der Waals surface area contributed by atoms with E-state index in [1.54, 1.807) is 78.2 Å². The normalized spacial score (nSPS) is 11.6. The summed E-state index contributed by atoms with van der Waals surface area (Å²) < 4.78 is 29.9. The Labute approximate surface area is 325 Å². The maximum absolute atomic E-state index is 13.9. The van der Waals surface area contributed by atoms with Crippen molar-refractivity contribution >= 4 is 57.7 Å². The van der Waals surface area contributed by atoms with Gasteiger partial charge >= 0.3 is 0 Å². The summed E-state index contributed by atoms with van der Waals surface area (Å²) in [6, 6.07) is 34.2. The van der Waals surface area contributed by atoms with Gasteiger partial charge in [-0.05, 0) is 83.9 Å². The van der Waals surface area contributed by atoms with Gasteiger partial charge in [0.25, 0.3) is 11.8 Å². The topological polar surface area (TPSA) is 128 Å². The van der Waals surface area contributed by atoms with E-state index in [2.05, 4.69) is 20.9 Å². The average Bonchev–Trinajstić information content (AvgIpc) is 3.68. The number of ether oxygens (including phenoxy) is 3. The van der Waals surface area contributed by atoms with Gasteiger partial charge in [-0.15, -0.1) is 23.1 Å². The number of nitrogens with one attached hydrogen (secondary N) is 3. The molecule has 3 N–H and O–H groups in total. The van der Waals surface area contributed by atoms with E-state index in [0.29, 0.717) is 49.8 Å². The van der Waals surface area contributed by atoms with Gasteiger partial charge in [-0.2, -0.15) is 0 Å². The van der Waals surface area contributed by atoms with E-state index in [1.165, 1.54) is 62.6 Å². The summed E-state index contributed by atoms with van der Waals surface area (Å²) in [6.45, 7) is 0. The van der Waals surface area contributed by atoms with Crippen molar-refractivity contribution in [1.82, 2.24) is 10.3 Å². The first kappa shape index (κ1) is 38.3. The predicted molar refractivity (Wildman–Crippen MR) is 214 cm³/mol. The molecule has 1 unspecified atom stereocenters. The molecule has 0 saturated heterocycles. The number of anilines is 2. The minimum absolute atomic E-state index is 0.0498. The molecule has 0 fully saturated rings. The molecule has 1 aromatic heterocycles. The molecule has 278 valence electrons. The van der Waals surface area contributed by atoms with Gasteiger partial charge in [-0.1, -0.05) is 54.6 Å². The van der Waals surface area contributed by atoms with Crippen molar-refractivity contribution in [2.45, 2.75) is 10.1 Å². The molecule has 0 saturated carbocycles. The van der Waals surface area contributed by atoms with Crippen LogP contribution in [-0.4, -0.2) is 44.0 Å². The third-order valence-electron chi connectivity index (χ3n) is 8.09. The van der Waals surface area contributed by atoms with Gasteiger partial charge < -0.3 is 30.2 Å². The number of thiazole rings is 1. The summed E-state index contributed by atoms with van der Waals surface area (Å²) in [5.74, 6) is -0.621. The second-order valence-electron chi connectivity index (χ2n) is 11.8. The van der Waals surface area contributed by atoms with Crippen LogP contribution in [0.1, 0.15) is 26.7 Å². The molecule has 1 heterocycles. The van der Waals surface area contributed by atoms with E-state index in [-0.39, 0.29) is 17.4 Å². The number of methoxy groups -OCH3 is 3. The smallest absolute Gasteiger partial charge is 0.272 e. The minimum atomic E-state index is -0.689. The van der Waals surface area contributed by atoms with E-state index in [1.807, 2.05) is 36.4 Å². The van der Waals surface area contributed by atoms with Crippen LogP contribution in [0.25, 0.3) is 17.3 Å². The Bertz CT molecular complexity index is 2290. The van der Waals surface area contributed by atoms with E-state index in [9.17, 15) is 18.8 Å². The molecular weight excluding hydrogens is 740 g/mol. The number of carbonyl (C=O) groups excluding carboxylic acids is 3. The highest BCUT2D eigenvalue weighted by atomic mass is 32.2. The molecule has 13 heteroatoms. The largest absolute Gasteiger partial charge is 0.493 e. The van der Waals surface area contributed by atoms with Crippen LogP contribution in [0, 0.1) is 5.82 Å². The highest BCUT2D eigenvalue weighted by Crippen LogP contribution is 2.40. The fourth-order valence-electron chi connectivity index (χ4n) is 5.43. The monoisotopic (exact) mass is 774 g/mol. The summed E-state index contributed by atoms with van der Waals surface area (Å²) in [5.41, 5.74) is 3.34. The lowest BCUT2D eigenvalue weighted by Gasteiger charge is -2.17. The van der Waals surface area contributed by atoms with Crippen LogP contribution in [0.4, 0.5) is 15.2 Å². The maximum atomic E-state index is 13.9. The number of hydrogen-bond acceptors (Lipinski definition) is 9. The Morgan fingerprint density at radius 1 is 0.782 bits per heavy atom. The fraction of sp³-hybridized carbons (Fsp3) is 0.0952. The van der Waals surface area contributed by atoms with Crippen LogP contribution in [-0.2, 0) is 9.59 Å². The van der Waals surface area contributed by atoms with Gasteiger partial charge in [0.15, 0.2) is 16.6 Å². The van der Waals surface area contributed by atoms with Crippen molar-refractivity contribution < 1.29 is 33.0 Å². The SMILES string of the molecule is COc1cc(/C=C(/NC(=O)c2ccccc2)C(=O)Nc2cccc(SC(C(=O)Nc3nc(-c4ccc(F)cc4)cs3)c3ccccc3)c2)cc(OC)c1OC. The number of carbonyl (C=O) groups is 3. The maximum Gasteiger partial charge on any atom is 0.272 e. The van der Waals surface area contributed by atoms with Crippen molar-refractivity contribution in [2.24, 2.45) is 0 Å². The molecule has 5 aromatic carbocycles. The molecule has 0 aliphatic carbocycles. The van der Waals surface area contributed by atoms with Gasteiger partial charge in [0.1, 0.15) is 16.8 Å². The Morgan fingerprint density at radius 3 is 2.11 bits per heavy atom. The number of thioether (sulfide) groups is 1. The predicted octanol–water partition coefficient (Wildman–Crippen LogP) is 8.86. The molecule has 0 aliphatic rings. The number of hydrogen-bond donors (Lipinski definition) is 3. The summed E-state index contributed by atoms with van der Waals surface area (Å²) in [4.78, 5) is 46.3. The molecule has 3 amide bonds. The molecule has 6 rings (SSSR count). The summed E-state index contributed by atoms with van der Waals surface area (Å²) in [5, 5.41) is 10.1. The standard InChI is InChI=1S/C42H35FN4O6S2/c1-51-35-22-26(23-36(52-2)37(35)53-3)21-33(45-39(48)29-13-8-5-9-14-29)40(49)44-31-15-10-16-32(24-31)55-38(28-11-6-4-7-12-28)41(50)47-42-46-34(25-54-42)27-17-19-30(43)20-18-27/h4-25,38H,1-3H3,(H,44,49)(H,45,48)(H,46,47,50)/b33-21+. The van der Waals surface area contributed by atoms with Gasteiger partial charge in [0.2, 0.25) is 11.7 Å². The lowest BCUT2D eigenvalue weighted by Crippen LogP contribution is -2.30. The molecule has 0 bridgehead atoms. The van der Waals surface area contributed by atoms with Crippen molar-refractivity contribution in [3.05, 3.63) is 155 Å². The molecule has 10 nitrogen and oxygen atoms in total. The lowest BCUT2D eigenvalue weighted by molar-refractivity contribution is -0.116. The number of rotatable bonds is 14. The molecule has 1 atom stereocenters. The van der Waals surface area contributed by atoms with Crippen LogP contribution < -0.4 is 30.2 Å². The fourth-order valence-corrected chi connectivity index (χ4v) is 7.24. The number of nitrogens with zero attached hydrogens (tertiary/aromatic N) is 1. The molecule has 0 aliphatic heterocycles. The summed E-state index contributed by atoms with van der Waals surface area (Å²) >= 11 is 2.56. The van der Waals surface area contributed by atoms with Crippen molar-refractivity contribution in [1.29, 1.82) is 0 Å². The number of halogens is 1. The molecule has 0 radical (unpaired) electrons. The Morgan fingerprint density at radius 2 is 1.45 bits per heavy atom. The Hall–Kier alpha value is -6.44. The third-order valence-corrected chi connectivity index (χ3v) is 10.1. The average molecular weight is 775 g/mol. The van der Waals surface area contributed by atoms with E-state index in [4.69, 9.17) is 14.2 Å². The first-order valence-electron chi connectivity index (χ1n) is 16.8. The molecule has 55 heavy (non-hydrogen) atoms. The number of amides is 3. The minimum Gasteiger partial charge on any atom is -0.493 e. The Kier molecular flexibility index (Phi) is 12.6. The van der Waals surface area contributed by atoms with Gasteiger partial charge in [0, 0.05) is 27.1 Å². The van der Waals surface area contributed by atoms with Crippen LogP contribution in [0.15, 0.2) is 137 Å². The second-order valence-corrected chi connectivity index (χ2v) is 13.8. The van der Waals surface area contributed by atoms with Crippen LogP contribution in [0.5, 0.6) is 17.2 Å². The van der Waals surface area contributed by atoms with Crippen molar-refractivity contribution in [2.75, 3.05) is 32.0 Å². The zero-order valence-electron chi connectivity index (χ0n) is 29.9. The highest BCUT2D eigenvalue weighted by molar-refractivity contribution is 8.00. The van der Waals surface area contributed by atoms with Gasteiger partial charge in [-0.3, -0.25) is 14.4 Å². The van der Waals surface area contributed by atoms with E-state index >= 15 is 0 Å². The summed E-state index contributed by atoms with van der Waals surface area (Å²) in [6.07, 6.45) is 1.51. The van der Waals surface area contributed by atoms with Gasteiger partial charge in [-0.25, -0.2) is 9.37 Å². The van der Waals surface area contributed by atoms with E-state index in [0.717, 1.165) is 11.1 Å². The number of benzene rings is 5. The number of aromatic nitrogens is 1. The zero-order chi connectivity index (χ0) is 38.7. The van der Waals surface area contributed by atoms with Crippen LogP contribution >= 0.6 is 23.1 Å². The van der Waals surface area contributed by atoms with Crippen LogP contribution in [0.2, 0.25) is 0 Å². The van der Waals surface area contributed by atoms with Crippen molar-refractivity contribution in [3.8, 4) is 28.5 Å². The van der Waals surface area contributed by atoms with Gasteiger partial charge in [0.05, 0.1) is 27.0 Å². The molecule has 6 aromatic rings. The highest BCUT2D eigenvalue weighted by Gasteiger charge is 2.24. The Balaban J connectivity index is 1.25. The zero-order valence-corrected chi connectivity index (χ0v) is 31.5. The summed E-state index contributed by atoms with van der Waals surface area (Å²) in [7, 11) is 4.46. The molecular formula is C42H35FN4O6S2. The molecule has 0 spiro atoms.